The Bertz CT molecular complexity index is 405. The molecule has 0 spiro atoms. The Morgan fingerprint density at radius 2 is 2.56 bits per heavy atom. The second-order valence-corrected chi connectivity index (χ2v) is 5.24. The summed E-state index contributed by atoms with van der Waals surface area (Å²) in [7, 11) is 1.98. The summed E-state index contributed by atoms with van der Waals surface area (Å²) in [6, 6.07) is 2.57. The van der Waals surface area contributed by atoms with Crippen LogP contribution in [0.4, 0.5) is 5.13 Å². The van der Waals surface area contributed by atoms with Crippen LogP contribution in [0, 0.1) is 11.3 Å². The van der Waals surface area contributed by atoms with E-state index in [-0.39, 0.29) is 0 Å². The monoisotopic (exact) mass is 256 g/mol. The Labute approximate surface area is 104 Å². The minimum absolute atomic E-state index is 0.314. The van der Waals surface area contributed by atoms with Gasteiger partial charge >= 0.3 is 0 Å². The predicted octanol–water partition coefficient (Wildman–Crippen LogP) is 1.86. The maximum absolute atomic E-state index is 8.80. The van der Waals surface area contributed by atoms with E-state index in [0.717, 1.165) is 18.2 Å². The Morgan fingerprint density at radius 3 is 3.12 bits per heavy atom. The van der Waals surface area contributed by atoms with Crippen LogP contribution in [-0.4, -0.2) is 31.2 Å². The lowest BCUT2D eigenvalue weighted by atomic mass is 10.2. The van der Waals surface area contributed by atoms with Gasteiger partial charge in [0, 0.05) is 19.6 Å². The van der Waals surface area contributed by atoms with Gasteiger partial charge in [-0.3, -0.25) is 0 Å². The number of halogens is 1. The minimum Gasteiger partial charge on any atom is -0.350 e. The summed E-state index contributed by atoms with van der Waals surface area (Å²) < 4.78 is 0. The standard InChI is InChI=1S/C10H13ClN4S/c1-15(6-7-3-2-4-13-7)10-14-9(11)8(5-12)16-10/h7,13H,2-4,6H2,1H3. The highest BCUT2D eigenvalue weighted by Gasteiger charge is 2.18. The van der Waals surface area contributed by atoms with E-state index in [4.69, 9.17) is 16.9 Å². The molecule has 2 rings (SSSR count). The van der Waals surface area contributed by atoms with Crippen LogP contribution in [0.2, 0.25) is 5.15 Å². The molecule has 0 radical (unpaired) electrons. The van der Waals surface area contributed by atoms with E-state index in [0.29, 0.717) is 16.1 Å². The lowest BCUT2D eigenvalue weighted by Crippen LogP contribution is -2.35. The van der Waals surface area contributed by atoms with Gasteiger partial charge in [0.25, 0.3) is 0 Å². The molecule has 4 nitrogen and oxygen atoms in total. The third kappa shape index (κ3) is 2.46. The van der Waals surface area contributed by atoms with Crippen molar-refractivity contribution in [1.82, 2.24) is 10.3 Å². The largest absolute Gasteiger partial charge is 0.350 e. The van der Waals surface area contributed by atoms with E-state index in [1.165, 1.54) is 24.2 Å². The Morgan fingerprint density at radius 1 is 1.75 bits per heavy atom. The van der Waals surface area contributed by atoms with Crippen LogP contribution < -0.4 is 10.2 Å². The molecule has 86 valence electrons. The number of aromatic nitrogens is 1. The van der Waals surface area contributed by atoms with Crippen molar-refractivity contribution < 1.29 is 0 Å². The zero-order valence-electron chi connectivity index (χ0n) is 9.03. The summed E-state index contributed by atoms with van der Waals surface area (Å²) in [4.78, 5) is 6.73. The molecule has 2 heterocycles. The average Bonchev–Trinajstić information content (AvgIpc) is 2.87. The van der Waals surface area contributed by atoms with Crippen LogP contribution >= 0.6 is 22.9 Å². The molecule has 1 aliphatic heterocycles. The van der Waals surface area contributed by atoms with Crippen LogP contribution in [0.1, 0.15) is 17.7 Å². The first-order valence-electron chi connectivity index (χ1n) is 5.21. The molecule has 1 aromatic rings. The van der Waals surface area contributed by atoms with Gasteiger partial charge in [0.1, 0.15) is 10.9 Å². The molecule has 1 unspecified atom stereocenters. The highest BCUT2D eigenvalue weighted by molar-refractivity contribution is 7.16. The molecule has 1 atom stereocenters. The lowest BCUT2D eigenvalue weighted by Gasteiger charge is -2.20. The van der Waals surface area contributed by atoms with E-state index in [1.807, 2.05) is 13.1 Å². The highest BCUT2D eigenvalue weighted by atomic mass is 35.5. The average molecular weight is 257 g/mol. The summed E-state index contributed by atoms with van der Waals surface area (Å²) >= 11 is 7.19. The van der Waals surface area contributed by atoms with Crippen molar-refractivity contribution in [2.45, 2.75) is 18.9 Å². The van der Waals surface area contributed by atoms with Crippen molar-refractivity contribution in [3.63, 3.8) is 0 Å². The topological polar surface area (TPSA) is 52.0 Å². The van der Waals surface area contributed by atoms with Crippen LogP contribution in [-0.2, 0) is 0 Å². The zero-order chi connectivity index (χ0) is 11.5. The summed E-state index contributed by atoms with van der Waals surface area (Å²) in [6.07, 6.45) is 2.44. The van der Waals surface area contributed by atoms with Gasteiger partial charge in [0.05, 0.1) is 0 Å². The van der Waals surface area contributed by atoms with Crippen LogP contribution in [0.5, 0.6) is 0 Å². The molecule has 1 aromatic heterocycles. The smallest absolute Gasteiger partial charge is 0.187 e. The van der Waals surface area contributed by atoms with Gasteiger partial charge in [0.2, 0.25) is 0 Å². The third-order valence-electron chi connectivity index (χ3n) is 2.66. The number of rotatable bonds is 3. The molecule has 1 saturated heterocycles. The number of nitrogens with one attached hydrogen (secondary N) is 1. The molecule has 0 aliphatic carbocycles. The zero-order valence-corrected chi connectivity index (χ0v) is 10.6. The Hall–Kier alpha value is -0.830. The van der Waals surface area contributed by atoms with E-state index in [9.17, 15) is 0 Å². The van der Waals surface area contributed by atoms with Crippen LogP contribution in [0.15, 0.2) is 0 Å². The van der Waals surface area contributed by atoms with Crippen molar-refractivity contribution in [3.05, 3.63) is 10.0 Å². The maximum Gasteiger partial charge on any atom is 0.187 e. The molecule has 1 aliphatic rings. The summed E-state index contributed by atoms with van der Waals surface area (Å²) in [5.41, 5.74) is 0. The van der Waals surface area contributed by atoms with Gasteiger partial charge in [-0.1, -0.05) is 22.9 Å². The quantitative estimate of drug-likeness (QED) is 0.897. The third-order valence-corrected chi connectivity index (χ3v) is 4.12. The number of nitriles is 1. The fraction of sp³-hybridized carbons (Fsp3) is 0.600. The molecule has 16 heavy (non-hydrogen) atoms. The number of nitrogens with zero attached hydrogens (tertiary/aromatic N) is 3. The van der Waals surface area contributed by atoms with Crippen molar-refractivity contribution in [3.8, 4) is 6.07 Å². The van der Waals surface area contributed by atoms with E-state index >= 15 is 0 Å². The van der Waals surface area contributed by atoms with Crippen molar-refractivity contribution in [2.24, 2.45) is 0 Å². The van der Waals surface area contributed by atoms with Gasteiger partial charge in [-0.15, -0.1) is 0 Å². The Kier molecular flexibility index (Phi) is 3.64. The first-order chi connectivity index (χ1) is 7.70. The number of likely N-dealkylation sites (N-methyl/N-ethyl adjacent to an activating group) is 1. The van der Waals surface area contributed by atoms with Crippen molar-refractivity contribution in [1.29, 1.82) is 5.26 Å². The molecule has 0 amide bonds. The molecular weight excluding hydrogens is 244 g/mol. The van der Waals surface area contributed by atoms with E-state index in [2.05, 4.69) is 15.2 Å². The predicted molar refractivity (Wildman–Crippen MR) is 66.1 cm³/mol. The maximum atomic E-state index is 8.80. The first kappa shape index (κ1) is 11.6. The molecule has 1 fully saturated rings. The van der Waals surface area contributed by atoms with Crippen LogP contribution in [0.25, 0.3) is 0 Å². The lowest BCUT2D eigenvalue weighted by molar-refractivity contribution is 0.599. The van der Waals surface area contributed by atoms with Gasteiger partial charge < -0.3 is 10.2 Å². The molecule has 6 heteroatoms. The van der Waals surface area contributed by atoms with E-state index in [1.54, 1.807) is 0 Å². The van der Waals surface area contributed by atoms with Gasteiger partial charge in [-0.25, -0.2) is 4.98 Å². The number of hydrogen-bond acceptors (Lipinski definition) is 5. The summed E-state index contributed by atoms with van der Waals surface area (Å²) in [5.74, 6) is 0. The van der Waals surface area contributed by atoms with Crippen LogP contribution in [0.3, 0.4) is 0 Å². The SMILES string of the molecule is CN(CC1CCCN1)c1nc(Cl)c(C#N)s1. The van der Waals surface area contributed by atoms with Gasteiger partial charge in [0.15, 0.2) is 10.3 Å². The highest BCUT2D eigenvalue weighted by Crippen LogP contribution is 2.28. The molecule has 1 N–H and O–H groups in total. The van der Waals surface area contributed by atoms with E-state index < -0.39 is 0 Å². The normalized spacial score (nSPS) is 19.7. The number of thiazole rings is 1. The second kappa shape index (κ2) is 5.00. The summed E-state index contributed by atoms with van der Waals surface area (Å²) in [5, 5.41) is 13.4. The molecule has 0 bridgehead atoms. The molecular formula is C10H13ClN4S. The minimum atomic E-state index is 0.314. The molecule has 0 saturated carbocycles. The fourth-order valence-electron chi connectivity index (χ4n) is 1.84. The number of hydrogen-bond donors (Lipinski definition) is 1. The van der Waals surface area contributed by atoms with Crippen molar-refractivity contribution in [2.75, 3.05) is 25.0 Å². The number of anilines is 1. The van der Waals surface area contributed by atoms with Gasteiger partial charge in [-0.2, -0.15) is 5.26 Å². The summed E-state index contributed by atoms with van der Waals surface area (Å²) in [6.45, 7) is 2.01. The van der Waals surface area contributed by atoms with Crippen molar-refractivity contribution >= 4 is 28.1 Å². The fourth-order valence-corrected chi connectivity index (χ4v) is 2.86. The Balaban J connectivity index is 2.02. The second-order valence-electron chi connectivity index (χ2n) is 3.90. The van der Waals surface area contributed by atoms with Gasteiger partial charge in [-0.05, 0) is 19.4 Å². The molecule has 0 aromatic carbocycles. The first-order valence-corrected chi connectivity index (χ1v) is 6.41.